The van der Waals surface area contributed by atoms with Crippen LogP contribution < -0.4 is 5.73 Å². The maximum atomic E-state index is 9.53. The van der Waals surface area contributed by atoms with Crippen LogP contribution in [0.4, 0.5) is 0 Å². The third-order valence-electron chi connectivity index (χ3n) is 0.373. The summed E-state index contributed by atoms with van der Waals surface area (Å²) in [6, 6.07) is 0. The van der Waals surface area contributed by atoms with Gasteiger partial charge in [-0.3, -0.25) is 4.79 Å². The third-order valence-corrected chi connectivity index (χ3v) is 3.12. The molecule has 0 saturated carbocycles. The molecule has 0 aromatic heterocycles. The number of primary amides is 1. The Balaban J connectivity index is 0. The van der Waals surface area contributed by atoms with Crippen molar-refractivity contribution in [2.75, 3.05) is 0 Å². The molecule has 0 heterocycles. The Labute approximate surface area is 82.9 Å². The molecule has 14 heavy (non-hydrogen) atoms. The maximum absolute atomic E-state index is 9.53. The van der Waals surface area contributed by atoms with E-state index in [1.54, 1.807) is 0 Å². The van der Waals surface area contributed by atoms with Gasteiger partial charge in [0, 0.05) is 0 Å². The average molecular weight is 289 g/mol. The van der Waals surface area contributed by atoms with Crippen molar-refractivity contribution in [3.05, 3.63) is 12.7 Å². The van der Waals surface area contributed by atoms with Gasteiger partial charge in [-0.15, -0.1) is 0 Å². The fourth-order valence-electron chi connectivity index (χ4n) is 0.109. The fraction of sp³-hybridized carbons (Fsp3) is 0. The van der Waals surface area contributed by atoms with Gasteiger partial charge >= 0.3 is 53.6 Å². The Morgan fingerprint density at radius 3 is 1.43 bits per heavy atom. The molecule has 0 fully saturated rings. The van der Waals surface area contributed by atoms with E-state index in [0.29, 0.717) is 0 Å². The first-order valence-electron chi connectivity index (χ1n) is 2.55. The van der Waals surface area contributed by atoms with Gasteiger partial charge in [-0.1, -0.05) is 6.58 Å². The molecule has 0 rings (SSSR count). The standard InChI is InChI=1S/C3H5NO.2Cr.2H2O.5O/c1-2-3(4)5;;;;;;;;;/h2H,1H2,(H2,4,5);;;2*1H2;;;;;/q;2*+1;;;;;;;/p-2. The molecule has 1 amide bonds. The molecule has 9 nitrogen and oxygen atoms in total. The van der Waals surface area contributed by atoms with Crippen LogP contribution in [0.25, 0.3) is 0 Å². The van der Waals surface area contributed by atoms with Gasteiger partial charge in [0.05, 0.1) is 0 Å². The Morgan fingerprint density at radius 1 is 1.21 bits per heavy atom. The number of amides is 1. The van der Waals surface area contributed by atoms with Crippen LogP contribution in [0.2, 0.25) is 0 Å². The molecule has 0 aliphatic rings. The minimum atomic E-state index is -5.76. The summed E-state index contributed by atoms with van der Waals surface area (Å²) in [6.45, 7) is 3.09. The molecule has 0 aliphatic carbocycles. The van der Waals surface area contributed by atoms with Crippen LogP contribution in [0.3, 0.4) is 0 Å². The summed E-state index contributed by atoms with van der Waals surface area (Å²) in [5, 5.41) is 0. The second-order valence-corrected chi connectivity index (χ2v) is 5.29. The molecule has 0 aromatic carbocycles. The van der Waals surface area contributed by atoms with E-state index in [2.05, 4.69) is 15.2 Å². The Kier molecular flexibility index (Phi) is 6.73. The van der Waals surface area contributed by atoms with E-state index < -0.39 is 33.1 Å². The van der Waals surface area contributed by atoms with E-state index in [1.165, 1.54) is 0 Å². The van der Waals surface area contributed by atoms with E-state index in [-0.39, 0.29) is 0 Å². The quantitative estimate of drug-likeness (QED) is 0.502. The molecule has 0 radical (unpaired) electrons. The third kappa shape index (κ3) is 22.5. The zero-order chi connectivity index (χ0) is 12.0. The van der Waals surface area contributed by atoms with Crippen molar-refractivity contribution < 1.29 is 58.4 Å². The summed E-state index contributed by atoms with van der Waals surface area (Å²) in [6.07, 6.45) is 1.06. The zero-order valence-corrected chi connectivity index (χ0v) is 9.07. The molecule has 4 N–H and O–H groups in total. The van der Waals surface area contributed by atoms with E-state index in [0.717, 1.165) is 6.08 Å². The molecular weight excluding hydrogens is 282 g/mol. The predicted octanol–water partition coefficient (Wildman–Crippen LogP) is -2.00. The van der Waals surface area contributed by atoms with Gasteiger partial charge in [-0.25, -0.2) is 0 Å². The van der Waals surface area contributed by atoms with E-state index in [9.17, 15) is 20.0 Å². The van der Waals surface area contributed by atoms with Crippen LogP contribution in [0, 0.1) is 0 Å². The molecule has 0 spiro atoms. The van der Waals surface area contributed by atoms with Crippen molar-refractivity contribution in [2.24, 2.45) is 5.73 Å². The number of carbonyl (C=O) groups is 1. The topological polar surface area (TPSA) is 161 Å². The van der Waals surface area contributed by atoms with Gasteiger partial charge in [0.25, 0.3) is 0 Å². The van der Waals surface area contributed by atoms with Crippen LogP contribution >= 0.6 is 0 Å². The normalized spacial score (nSPS) is 11.0. The van der Waals surface area contributed by atoms with Gasteiger partial charge in [0.15, 0.2) is 0 Å². The van der Waals surface area contributed by atoms with Gasteiger partial charge in [-0.2, -0.15) is 0 Å². The Bertz CT molecular complexity index is 360. The molecular formula is C3H7Cr2NO8. The Morgan fingerprint density at radius 2 is 1.43 bits per heavy atom. The van der Waals surface area contributed by atoms with Crippen molar-refractivity contribution in [3.8, 4) is 0 Å². The molecule has 0 bridgehead atoms. The van der Waals surface area contributed by atoms with Crippen molar-refractivity contribution in [1.82, 2.24) is 0 Å². The molecule has 0 unspecified atom stereocenters. The van der Waals surface area contributed by atoms with E-state index in [4.69, 9.17) is 8.32 Å². The first kappa shape index (κ1) is 15.8. The molecule has 0 aliphatic heterocycles. The van der Waals surface area contributed by atoms with E-state index in [1.807, 2.05) is 0 Å². The van der Waals surface area contributed by atoms with Crippen LogP contribution in [-0.4, -0.2) is 14.2 Å². The summed E-state index contributed by atoms with van der Waals surface area (Å²) in [7, 11) is 0. The number of carbonyl (C=O) groups excluding carboxylic acids is 1. The summed E-state index contributed by atoms with van der Waals surface area (Å²) >= 11 is -11.5. The first-order valence-corrected chi connectivity index (χ1v) is 6.82. The van der Waals surface area contributed by atoms with Crippen LogP contribution in [-0.2, 0) is 50.1 Å². The predicted molar refractivity (Wildman–Crippen MR) is 27.7 cm³/mol. The van der Waals surface area contributed by atoms with Crippen molar-refractivity contribution in [3.63, 3.8) is 0 Å². The number of hydrogen-bond acceptors (Lipinski definition) is 6. The van der Waals surface area contributed by atoms with Crippen molar-refractivity contribution in [2.45, 2.75) is 0 Å². The molecule has 0 saturated heterocycles. The molecule has 0 aromatic rings. The number of nitrogens with two attached hydrogens (primary N) is 1. The van der Waals surface area contributed by atoms with Gasteiger partial charge in [-0.05, 0) is 6.08 Å². The second kappa shape index (κ2) is 5.96. The van der Waals surface area contributed by atoms with Crippen molar-refractivity contribution in [1.29, 1.82) is 0 Å². The molecule has 11 heteroatoms. The minimum absolute atomic E-state index is 0.481. The number of rotatable bonds is 3. The van der Waals surface area contributed by atoms with Crippen LogP contribution in [0.1, 0.15) is 0 Å². The number of hydrogen-bond donors (Lipinski definition) is 3. The molecule has 0 atom stereocenters. The average Bonchev–Trinajstić information content (AvgIpc) is 1.80. The zero-order valence-electron chi connectivity index (χ0n) is 6.52. The SMILES string of the molecule is C=CC(N)=O.[O]=[Cr](=[O])([OH])[O][Cr](=[O])(=[O])[OH]. The van der Waals surface area contributed by atoms with Gasteiger partial charge in [0.2, 0.25) is 5.91 Å². The summed E-state index contributed by atoms with van der Waals surface area (Å²) in [5.74, 6) is -0.481. The van der Waals surface area contributed by atoms with Gasteiger partial charge < -0.3 is 5.73 Å². The van der Waals surface area contributed by atoms with Gasteiger partial charge in [0.1, 0.15) is 0 Å². The van der Waals surface area contributed by atoms with Crippen LogP contribution in [0.5, 0.6) is 0 Å². The summed E-state index contributed by atoms with van der Waals surface area (Å²) in [4.78, 5) is 9.47. The fourth-order valence-corrected chi connectivity index (χ4v) is 1.85. The summed E-state index contributed by atoms with van der Waals surface area (Å²) < 4.78 is 56.3. The van der Waals surface area contributed by atoms with Crippen LogP contribution in [0.15, 0.2) is 12.7 Å². The summed E-state index contributed by atoms with van der Waals surface area (Å²) in [5.41, 5.74) is 4.53. The monoisotopic (exact) mass is 289 g/mol. The first-order chi connectivity index (χ1) is 5.98. The Hall–Kier alpha value is -0.645. The second-order valence-electron chi connectivity index (χ2n) is 1.53. The van der Waals surface area contributed by atoms with Crippen molar-refractivity contribution >= 4 is 5.91 Å². The van der Waals surface area contributed by atoms with E-state index >= 15 is 0 Å². The molecule has 84 valence electrons.